The predicted molar refractivity (Wildman–Crippen MR) is 77.9 cm³/mol. The molecule has 0 bridgehead atoms. The lowest BCUT2D eigenvalue weighted by molar-refractivity contribution is 0.0335. The van der Waals surface area contributed by atoms with Crippen molar-refractivity contribution in [2.24, 2.45) is 0 Å². The number of hydrogen-bond donors (Lipinski definition) is 0. The number of rotatable bonds is 10. The van der Waals surface area contributed by atoms with Gasteiger partial charge in [0, 0.05) is 7.11 Å². The molecule has 0 fully saturated rings. The molecule has 1 aromatic rings. The second-order valence-corrected chi connectivity index (χ2v) is 6.07. The molecule has 1 aromatic carbocycles. The second-order valence-electron chi connectivity index (χ2n) is 4.00. The van der Waals surface area contributed by atoms with Gasteiger partial charge >= 0.3 is 7.60 Å². The highest BCUT2D eigenvalue weighted by molar-refractivity contribution is 7.54. The molecule has 0 aliphatic rings. The quantitative estimate of drug-likeness (QED) is 0.488. The Morgan fingerprint density at radius 2 is 1.65 bits per heavy atom. The minimum Gasteiger partial charge on any atom is -0.382 e. The molecule has 0 aliphatic carbocycles. The van der Waals surface area contributed by atoms with Crippen molar-refractivity contribution in [1.82, 2.24) is 0 Å². The van der Waals surface area contributed by atoms with Gasteiger partial charge in [0.25, 0.3) is 0 Å². The Balaban J connectivity index is 2.98. The van der Waals surface area contributed by atoms with Crippen molar-refractivity contribution in [3.05, 3.63) is 35.9 Å². The van der Waals surface area contributed by atoms with Crippen molar-refractivity contribution in [2.75, 3.05) is 33.5 Å². The van der Waals surface area contributed by atoms with Gasteiger partial charge in [-0.2, -0.15) is 0 Å². The maximum absolute atomic E-state index is 12.9. The minimum atomic E-state index is -3.37. The highest BCUT2D eigenvalue weighted by Gasteiger charge is 2.37. The molecule has 0 N–H and O–H groups in total. The second kappa shape index (κ2) is 9.27. The van der Waals surface area contributed by atoms with Crippen LogP contribution >= 0.6 is 7.60 Å². The Kier molecular flexibility index (Phi) is 8.04. The molecule has 1 unspecified atom stereocenters. The maximum Gasteiger partial charge on any atom is 0.363 e. The molecular formula is C14H23O5P. The summed E-state index contributed by atoms with van der Waals surface area (Å²) in [5.74, 6) is -0.737. The Labute approximate surface area is 120 Å². The minimum absolute atomic E-state index is 0.300. The lowest BCUT2D eigenvalue weighted by Crippen LogP contribution is -2.13. The Morgan fingerprint density at radius 1 is 1.05 bits per heavy atom. The summed E-state index contributed by atoms with van der Waals surface area (Å²) >= 11 is 0. The van der Waals surface area contributed by atoms with E-state index in [-0.39, 0.29) is 0 Å². The van der Waals surface area contributed by atoms with E-state index in [4.69, 9.17) is 18.5 Å². The zero-order valence-electron chi connectivity index (χ0n) is 12.3. The smallest absolute Gasteiger partial charge is 0.363 e. The van der Waals surface area contributed by atoms with Crippen molar-refractivity contribution in [3.8, 4) is 0 Å². The van der Waals surface area contributed by atoms with Gasteiger partial charge in [0.1, 0.15) is 0 Å². The van der Waals surface area contributed by atoms with Gasteiger partial charge in [-0.05, 0) is 19.4 Å². The zero-order chi connectivity index (χ0) is 14.8. The third-order valence-electron chi connectivity index (χ3n) is 2.55. The van der Waals surface area contributed by atoms with Crippen LogP contribution in [0.3, 0.4) is 0 Å². The third-order valence-corrected chi connectivity index (χ3v) is 4.81. The van der Waals surface area contributed by atoms with Crippen LogP contribution in [0, 0.1) is 0 Å². The lowest BCUT2D eigenvalue weighted by Gasteiger charge is -2.26. The molecule has 0 radical (unpaired) electrons. The van der Waals surface area contributed by atoms with Gasteiger partial charge in [-0.1, -0.05) is 30.3 Å². The molecule has 0 saturated carbocycles. The monoisotopic (exact) mass is 302 g/mol. The van der Waals surface area contributed by atoms with Gasteiger partial charge in [0.15, 0.2) is 5.85 Å². The largest absolute Gasteiger partial charge is 0.382 e. The SMILES string of the molecule is CCOP(=O)(OCC)C(OCCOC)c1ccccc1. The average molecular weight is 302 g/mol. The molecule has 114 valence electrons. The number of hydrogen-bond acceptors (Lipinski definition) is 5. The highest BCUT2D eigenvalue weighted by atomic mass is 31.2. The van der Waals surface area contributed by atoms with E-state index < -0.39 is 13.4 Å². The van der Waals surface area contributed by atoms with Crippen molar-refractivity contribution in [1.29, 1.82) is 0 Å². The van der Waals surface area contributed by atoms with Crippen molar-refractivity contribution in [2.45, 2.75) is 19.7 Å². The number of methoxy groups -OCH3 is 1. The molecular weight excluding hydrogens is 279 g/mol. The van der Waals surface area contributed by atoms with E-state index in [1.54, 1.807) is 21.0 Å². The summed E-state index contributed by atoms with van der Waals surface area (Å²) in [6, 6.07) is 9.32. The van der Waals surface area contributed by atoms with Gasteiger partial charge in [0.05, 0.1) is 26.4 Å². The fourth-order valence-electron chi connectivity index (χ4n) is 1.76. The first-order valence-corrected chi connectivity index (χ1v) is 8.33. The number of ether oxygens (including phenoxy) is 2. The van der Waals surface area contributed by atoms with Crippen LogP contribution in [0.1, 0.15) is 25.3 Å². The normalized spacial score (nSPS) is 13.3. The molecule has 0 aromatic heterocycles. The van der Waals surface area contributed by atoms with Gasteiger partial charge in [-0.3, -0.25) is 4.57 Å². The fourth-order valence-corrected chi connectivity index (χ4v) is 3.65. The van der Waals surface area contributed by atoms with Crippen molar-refractivity contribution in [3.63, 3.8) is 0 Å². The van der Waals surface area contributed by atoms with Crippen LogP contribution in [0.5, 0.6) is 0 Å². The summed E-state index contributed by atoms with van der Waals surface area (Å²) in [5, 5.41) is 0. The van der Waals surface area contributed by atoms with Crippen LogP contribution in [0.4, 0.5) is 0 Å². The average Bonchev–Trinajstić information content (AvgIpc) is 2.45. The number of benzene rings is 1. The summed E-state index contributed by atoms with van der Waals surface area (Å²) in [6.07, 6.45) is 0. The zero-order valence-corrected chi connectivity index (χ0v) is 13.2. The standard InChI is InChI=1S/C14H23O5P/c1-4-18-20(15,19-5-2)14(17-12-11-16-3)13-9-7-6-8-10-13/h6-10,14H,4-5,11-12H2,1-3H3. The van der Waals surface area contributed by atoms with E-state index in [2.05, 4.69) is 0 Å². The molecule has 0 heterocycles. The fraction of sp³-hybridized carbons (Fsp3) is 0.571. The molecule has 1 rings (SSSR count). The molecule has 20 heavy (non-hydrogen) atoms. The van der Waals surface area contributed by atoms with E-state index in [1.165, 1.54) is 0 Å². The van der Waals surface area contributed by atoms with Gasteiger partial charge in [-0.25, -0.2) is 0 Å². The molecule has 0 amide bonds. The van der Waals surface area contributed by atoms with Gasteiger partial charge in [-0.15, -0.1) is 0 Å². The summed E-state index contributed by atoms with van der Waals surface area (Å²) in [4.78, 5) is 0. The van der Waals surface area contributed by atoms with Crippen molar-refractivity contribution < 1.29 is 23.1 Å². The van der Waals surface area contributed by atoms with Crippen molar-refractivity contribution >= 4 is 7.60 Å². The summed E-state index contributed by atoms with van der Waals surface area (Å²) < 4.78 is 34.3. The van der Waals surface area contributed by atoms with Crippen LogP contribution < -0.4 is 0 Å². The van der Waals surface area contributed by atoms with E-state index >= 15 is 0 Å². The molecule has 0 aliphatic heterocycles. The first kappa shape index (κ1) is 17.3. The maximum atomic E-state index is 12.9. The summed E-state index contributed by atoms with van der Waals surface area (Å²) in [5.41, 5.74) is 0.772. The van der Waals surface area contributed by atoms with E-state index in [0.29, 0.717) is 26.4 Å². The molecule has 0 spiro atoms. The Morgan fingerprint density at radius 3 is 2.15 bits per heavy atom. The lowest BCUT2D eigenvalue weighted by atomic mass is 10.2. The molecule has 0 saturated heterocycles. The highest BCUT2D eigenvalue weighted by Crippen LogP contribution is 2.61. The van der Waals surface area contributed by atoms with E-state index in [9.17, 15) is 4.57 Å². The topological polar surface area (TPSA) is 54.0 Å². The van der Waals surface area contributed by atoms with Crippen LogP contribution in [0.15, 0.2) is 30.3 Å². The third kappa shape index (κ3) is 5.00. The summed E-state index contributed by atoms with van der Waals surface area (Å²) in [6.45, 7) is 4.90. The van der Waals surface area contributed by atoms with Crippen LogP contribution in [0.2, 0.25) is 0 Å². The first-order valence-electron chi connectivity index (χ1n) is 6.72. The van der Waals surface area contributed by atoms with Crippen LogP contribution in [0.25, 0.3) is 0 Å². The first-order chi connectivity index (χ1) is 9.68. The summed E-state index contributed by atoms with van der Waals surface area (Å²) in [7, 11) is -1.78. The van der Waals surface area contributed by atoms with Gasteiger partial charge in [0.2, 0.25) is 0 Å². The predicted octanol–water partition coefficient (Wildman–Crippen LogP) is 3.61. The van der Waals surface area contributed by atoms with Gasteiger partial charge < -0.3 is 18.5 Å². The Hall–Kier alpha value is -0.710. The Bertz CT molecular complexity index is 399. The van der Waals surface area contributed by atoms with Crippen LogP contribution in [-0.2, 0) is 23.1 Å². The van der Waals surface area contributed by atoms with E-state index in [0.717, 1.165) is 5.56 Å². The molecule has 6 heteroatoms. The van der Waals surface area contributed by atoms with Crippen LogP contribution in [-0.4, -0.2) is 33.5 Å². The van der Waals surface area contributed by atoms with E-state index in [1.807, 2.05) is 30.3 Å². The molecule has 1 atom stereocenters. The molecule has 5 nitrogen and oxygen atoms in total.